The highest BCUT2D eigenvalue weighted by Gasteiger charge is 2.48. The first-order valence-corrected chi connectivity index (χ1v) is 8.98. The molecule has 0 saturated carbocycles. The van der Waals surface area contributed by atoms with Crippen molar-refractivity contribution in [1.82, 2.24) is 10.2 Å². The molecule has 0 aliphatic carbocycles. The van der Waals surface area contributed by atoms with Crippen LogP contribution in [-0.4, -0.2) is 29.5 Å². The second-order valence-electron chi connectivity index (χ2n) is 6.51. The van der Waals surface area contributed by atoms with E-state index in [-0.39, 0.29) is 29.9 Å². The molecule has 26 heavy (non-hydrogen) atoms. The van der Waals surface area contributed by atoms with E-state index in [4.69, 9.17) is 4.74 Å². The Bertz CT molecular complexity index is 748. The lowest BCUT2D eigenvalue weighted by molar-refractivity contribution is -0.150. The van der Waals surface area contributed by atoms with E-state index in [9.17, 15) is 9.59 Å². The smallest absolute Gasteiger partial charge is 0.324 e. The first kappa shape index (κ1) is 18.0. The number of hydrogen-bond acceptors (Lipinski definition) is 3. The number of imide groups is 1. The van der Waals surface area contributed by atoms with Crippen LogP contribution < -0.4 is 10.1 Å². The third kappa shape index (κ3) is 3.72. The molecular formula is C21H24N2O3. The van der Waals surface area contributed by atoms with Gasteiger partial charge in [-0.15, -0.1) is 0 Å². The van der Waals surface area contributed by atoms with E-state index in [1.165, 1.54) is 4.90 Å². The maximum absolute atomic E-state index is 12.7. The monoisotopic (exact) mass is 352 g/mol. The molecule has 3 amide bonds. The van der Waals surface area contributed by atoms with E-state index in [0.29, 0.717) is 6.61 Å². The Balaban J connectivity index is 1.64. The van der Waals surface area contributed by atoms with Gasteiger partial charge in [-0.2, -0.15) is 0 Å². The topological polar surface area (TPSA) is 58.6 Å². The molecule has 0 bridgehead atoms. The first-order chi connectivity index (χ1) is 12.6. The number of rotatable bonds is 6. The molecule has 1 saturated heterocycles. The van der Waals surface area contributed by atoms with Crippen molar-refractivity contribution in [2.24, 2.45) is 5.92 Å². The lowest BCUT2D eigenvalue weighted by Crippen LogP contribution is -2.66. The van der Waals surface area contributed by atoms with Crippen molar-refractivity contribution in [1.29, 1.82) is 0 Å². The van der Waals surface area contributed by atoms with Crippen LogP contribution >= 0.6 is 0 Å². The number of nitrogens with zero attached hydrogens (tertiary/aromatic N) is 1. The number of hydrogen-bond donors (Lipinski definition) is 1. The van der Waals surface area contributed by atoms with Gasteiger partial charge in [0.15, 0.2) is 0 Å². The van der Waals surface area contributed by atoms with Gasteiger partial charge in [0.05, 0.1) is 18.0 Å². The highest BCUT2D eigenvalue weighted by atomic mass is 16.5. The van der Waals surface area contributed by atoms with Crippen LogP contribution in [0.1, 0.15) is 31.9 Å². The fourth-order valence-electron chi connectivity index (χ4n) is 3.18. The predicted molar refractivity (Wildman–Crippen MR) is 99.7 cm³/mol. The number of likely N-dealkylation sites (tertiary alicyclic amines) is 1. The van der Waals surface area contributed by atoms with Gasteiger partial charge in [-0.1, -0.05) is 62.4 Å². The van der Waals surface area contributed by atoms with Gasteiger partial charge in [-0.25, -0.2) is 4.79 Å². The van der Waals surface area contributed by atoms with E-state index in [2.05, 4.69) is 5.32 Å². The number of benzene rings is 2. The number of carbonyl (C=O) groups excluding carboxylic acids is 2. The average Bonchev–Trinajstić information content (AvgIpc) is 2.69. The largest absolute Gasteiger partial charge is 0.491 e. The van der Waals surface area contributed by atoms with Crippen molar-refractivity contribution in [3.8, 4) is 5.75 Å². The Hall–Kier alpha value is -2.82. The number of ether oxygens (including phenoxy) is 1. The highest BCUT2D eigenvalue weighted by Crippen LogP contribution is 2.28. The molecule has 136 valence electrons. The fraction of sp³-hybridized carbons (Fsp3) is 0.333. The van der Waals surface area contributed by atoms with Crippen LogP contribution in [0.15, 0.2) is 60.7 Å². The molecule has 0 radical (unpaired) electrons. The second kappa shape index (κ2) is 8.04. The van der Waals surface area contributed by atoms with Gasteiger partial charge in [-0.05, 0) is 24.1 Å². The average molecular weight is 352 g/mol. The summed E-state index contributed by atoms with van der Waals surface area (Å²) in [6, 6.07) is 18.5. The first-order valence-electron chi connectivity index (χ1n) is 8.98. The van der Waals surface area contributed by atoms with Gasteiger partial charge in [0.2, 0.25) is 5.91 Å². The molecule has 2 aromatic rings. The van der Waals surface area contributed by atoms with Crippen molar-refractivity contribution < 1.29 is 14.3 Å². The van der Waals surface area contributed by atoms with Gasteiger partial charge < -0.3 is 10.1 Å². The molecule has 5 heteroatoms. The number of carbonyl (C=O) groups is 2. The molecule has 1 fully saturated rings. The zero-order chi connectivity index (χ0) is 18.5. The molecule has 2 unspecified atom stereocenters. The van der Waals surface area contributed by atoms with Gasteiger partial charge in [-0.3, -0.25) is 9.69 Å². The maximum atomic E-state index is 12.7. The summed E-state index contributed by atoms with van der Waals surface area (Å²) < 4.78 is 5.75. The zero-order valence-corrected chi connectivity index (χ0v) is 15.1. The standard InChI is InChI=1S/C21H24N2O3/c1-3-18(16-10-6-4-7-11-16)22-21(25)23-19(15(2)20(23)24)14-26-17-12-8-5-9-13-17/h4-13,15,18-19H,3,14H2,1-2H3,(H,22,25)/t15?,18-,19?/m1/s1. The van der Waals surface area contributed by atoms with Crippen LogP contribution in [0.5, 0.6) is 5.75 Å². The molecule has 0 aromatic heterocycles. The summed E-state index contributed by atoms with van der Waals surface area (Å²) in [4.78, 5) is 26.2. The molecule has 3 atom stereocenters. The van der Waals surface area contributed by atoms with Gasteiger partial charge in [0, 0.05) is 0 Å². The van der Waals surface area contributed by atoms with Crippen LogP contribution in [0.3, 0.4) is 0 Å². The molecule has 3 rings (SSSR count). The lowest BCUT2D eigenvalue weighted by atomic mass is 9.90. The molecule has 1 aliphatic heterocycles. The normalized spacial score (nSPS) is 20.2. The Morgan fingerprint density at radius 3 is 2.35 bits per heavy atom. The quantitative estimate of drug-likeness (QED) is 0.805. The van der Waals surface area contributed by atoms with E-state index in [0.717, 1.165) is 17.7 Å². The number of β-lactam (4-membered cyclic amide) rings is 1. The van der Waals surface area contributed by atoms with Crippen LogP contribution in [-0.2, 0) is 4.79 Å². The van der Waals surface area contributed by atoms with Crippen molar-refractivity contribution in [3.63, 3.8) is 0 Å². The Morgan fingerprint density at radius 2 is 1.73 bits per heavy atom. The van der Waals surface area contributed by atoms with E-state index in [1.807, 2.05) is 74.5 Å². The van der Waals surface area contributed by atoms with Crippen LogP contribution in [0.25, 0.3) is 0 Å². The summed E-state index contributed by atoms with van der Waals surface area (Å²) in [5.41, 5.74) is 1.03. The van der Waals surface area contributed by atoms with Crippen molar-refractivity contribution >= 4 is 11.9 Å². The van der Waals surface area contributed by atoms with Gasteiger partial charge >= 0.3 is 6.03 Å². The number of nitrogens with one attached hydrogen (secondary N) is 1. The minimum absolute atomic E-state index is 0.122. The summed E-state index contributed by atoms with van der Waals surface area (Å²) in [6.07, 6.45) is 0.749. The molecule has 1 heterocycles. The highest BCUT2D eigenvalue weighted by molar-refractivity contribution is 6.01. The summed E-state index contributed by atoms with van der Waals surface area (Å²) in [5, 5.41) is 2.97. The summed E-state index contributed by atoms with van der Waals surface area (Å²) in [6.45, 7) is 4.14. The fourth-order valence-corrected chi connectivity index (χ4v) is 3.18. The number of para-hydroxylation sites is 1. The molecule has 5 nitrogen and oxygen atoms in total. The number of amides is 3. The van der Waals surface area contributed by atoms with Crippen LogP contribution in [0.4, 0.5) is 4.79 Å². The van der Waals surface area contributed by atoms with Crippen LogP contribution in [0, 0.1) is 5.92 Å². The second-order valence-corrected chi connectivity index (χ2v) is 6.51. The summed E-state index contributed by atoms with van der Waals surface area (Å²) in [5.74, 6) is 0.350. The molecule has 1 aliphatic rings. The van der Waals surface area contributed by atoms with E-state index >= 15 is 0 Å². The lowest BCUT2D eigenvalue weighted by Gasteiger charge is -2.44. The van der Waals surface area contributed by atoms with Crippen molar-refractivity contribution in [2.75, 3.05) is 6.61 Å². The van der Waals surface area contributed by atoms with Gasteiger partial charge in [0.25, 0.3) is 0 Å². The van der Waals surface area contributed by atoms with Crippen LogP contribution in [0.2, 0.25) is 0 Å². The van der Waals surface area contributed by atoms with E-state index in [1.54, 1.807) is 0 Å². The van der Waals surface area contributed by atoms with Crippen molar-refractivity contribution in [2.45, 2.75) is 32.4 Å². The van der Waals surface area contributed by atoms with Gasteiger partial charge in [0.1, 0.15) is 12.4 Å². The minimum atomic E-state index is -0.356. The molecular weight excluding hydrogens is 328 g/mol. The summed E-state index contributed by atoms with van der Waals surface area (Å²) in [7, 11) is 0. The Labute approximate surface area is 154 Å². The zero-order valence-electron chi connectivity index (χ0n) is 15.1. The molecule has 2 aromatic carbocycles. The SMILES string of the molecule is CC[C@@H](NC(=O)N1C(=O)C(C)C1COc1ccccc1)c1ccccc1. The molecule has 1 N–H and O–H groups in total. The summed E-state index contributed by atoms with van der Waals surface area (Å²) >= 11 is 0. The Kier molecular flexibility index (Phi) is 5.56. The minimum Gasteiger partial charge on any atom is -0.491 e. The predicted octanol–water partition coefficient (Wildman–Crippen LogP) is 3.77. The molecule has 0 spiro atoms. The number of urea groups is 1. The van der Waals surface area contributed by atoms with E-state index < -0.39 is 0 Å². The Morgan fingerprint density at radius 1 is 1.12 bits per heavy atom. The third-order valence-corrected chi connectivity index (χ3v) is 4.83. The van der Waals surface area contributed by atoms with Crippen molar-refractivity contribution in [3.05, 3.63) is 66.2 Å². The maximum Gasteiger partial charge on any atom is 0.324 e. The third-order valence-electron chi connectivity index (χ3n) is 4.83.